The van der Waals surface area contributed by atoms with Crippen molar-refractivity contribution in [3.8, 4) is 0 Å². The molecule has 2 unspecified atom stereocenters. The molecule has 1 spiro atoms. The maximum Gasteiger partial charge on any atom is 0.310 e. The first kappa shape index (κ1) is 26.3. The predicted octanol–water partition coefficient (Wildman–Crippen LogP) is 1.81. The molecule has 1 aromatic carbocycles. The van der Waals surface area contributed by atoms with Crippen LogP contribution in [0.25, 0.3) is 11.0 Å². The lowest BCUT2D eigenvalue weighted by molar-refractivity contribution is -0.158. The SMILES string of the molecule is C=CCN(Cn1nnc2ccccc21)C(=O)C1N(CCCCCO)C(=O)[C@@H]2[C@@H](C(=O)O)[C@@]3(CC)CCC12O3. The maximum atomic E-state index is 14.4. The first-order valence-electron chi connectivity index (χ1n) is 13.4. The number of para-hydroxylation sites is 1. The molecule has 4 heterocycles. The van der Waals surface area contributed by atoms with E-state index in [0.29, 0.717) is 44.0 Å². The van der Waals surface area contributed by atoms with Crippen molar-refractivity contribution in [3.63, 3.8) is 0 Å². The molecular weight excluding hydrogens is 490 g/mol. The summed E-state index contributed by atoms with van der Waals surface area (Å²) in [5, 5.41) is 27.8. The first-order valence-corrected chi connectivity index (χ1v) is 13.4. The van der Waals surface area contributed by atoms with E-state index in [1.807, 2.05) is 31.2 Å². The molecule has 11 heteroatoms. The van der Waals surface area contributed by atoms with E-state index in [9.17, 15) is 24.6 Å². The van der Waals surface area contributed by atoms with Gasteiger partial charge in [0, 0.05) is 19.7 Å². The molecule has 204 valence electrons. The Kier molecular flexibility index (Phi) is 6.99. The van der Waals surface area contributed by atoms with Crippen molar-refractivity contribution in [1.29, 1.82) is 0 Å². The van der Waals surface area contributed by atoms with Gasteiger partial charge in [0.25, 0.3) is 0 Å². The molecule has 11 nitrogen and oxygen atoms in total. The number of amides is 2. The summed E-state index contributed by atoms with van der Waals surface area (Å²) in [5.74, 6) is -3.63. The topological polar surface area (TPSA) is 138 Å². The number of benzene rings is 1. The fourth-order valence-electron chi connectivity index (χ4n) is 6.91. The monoisotopic (exact) mass is 525 g/mol. The van der Waals surface area contributed by atoms with Crippen molar-refractivity contribution >= 4 is 28.8 Å². The zero-order chi connectivity index (χ0) is 27.1. The van der Waals surface area contributed by atoms with E-state index in [4.69, 9.17) is 4.74 Å². The lowest BCUT2D eigenvalue weighted by Gasteiger charge is -2.36. The number of carboxylic acids is 1. The highest BCUT2D eigenvalue weighted by Crippen LogP contribution is 2.64. The van der Waals surface area contributed by atoms with E-state index in [2.05, 4.69) is 16.9 Å². The summed E-state index contributed by atoms with van der Waals surface area (Å²) in [7, 11) is 0. The van der Waals surface area contributed by atoms with Crippen molar-refractivity contribution in [3.05, 3.63) is 36.9 Å². The number of hydrogen-bond donors (Lipinski definition) is 2. The highest BCUT2D eigenvalue weighted by atomic mass is 16.5. The van der Waals surface area contributed by atoms with Gasteiger partial charge in [0.2, 0.25) is 11.8 Å². The molecule has 5 atom stereocenters. The molecule has 0 aliphatic carbocycles. The van der Waals surface area contributed by atoms with Crippen molar-refractivity contribution in [2.75, 3.05) is 19.7 Å². The maximum absolute atomic E-state index is 14.4. The van der Waals surface area contributed by atoms with Crippen molar-refractivity contribution < 1.29 is 29.3 Å². The molecule has 3 aliphatic heterocycles. The van der Waals surface area contributed by atoms with Gasteiger partial charge in [-0.3, -0.25) is 14.4 Å². The summed E-state index contributed by atoms with van der Waals surface area (Å²) in [4.78, 5) is 43.9. The number of hydrogen-bond acceptors (Lipinski definition) is 7. The van der Waals surface area contributed by atoms with Gasteiger partial charge in [-0.15, -0.1) is 11.7 Å². The molecule has 38 heavy (non-hydrogen) atoms. The van der Waals surface area contributed by atoms with Crippen LogP contribution in [0.4, 0.5) is 0 Å². The Labute approximate surface area is 221 Å². The van der Waals surface area contributed by atoms with Crippen LogP contribution in [-0.4, -0.2) is 89.7 Å². The number of nitrogens with zero attached hydrogens (tertiary/aromatic N) is 5. The van der Waals surface area contributed by atoms with Gasteiger partial charge < -0.3 is 24.7 Å². The average molecular weight is 526 g/mol. The van der Waals surface area contributed by atoms with Crippen LogP contribution in [0.1, 0.15) is 45.4 Å². The van der Waals surface area contributed by atoms with Gasteiger partial charge in [0.1, 0.15) is 29.7 Å². The number of ether oxygens (including phenoxy) is 1. The third-order valence-electron chi connectivity index (χ3n) is 8.62. The summed E-state index contributed by atoms with van der Waals surface area (Å²) in [5.41, 5.74) is -0.694. The van der Waals surface area contributed by atoms with Gasteiger partial charge in [-0.2, -0.15) is 0 Å². The van der Waals surface area contributed by atoms with Gasteiger partial charge in [0.15, 0.2) is 0 Å². The Balaban J connectivity index is 1.52. The second-order valence-electron chi connectivity index (χ2n) is 10.6. The quantitative estimate of drug-likeness (QED) is 0.316. The van der Waals surface area contributed by atoms with E-state index < -0.39 is 35.0 Å². The van der Waals surface area contributed by atoms with Crippen LogP contribution >= 0.6 is 0 Å². The highest BCUT2D eigenvalue weighted by molar-refractivity contribution is 5.98. The Hall–Kier alpha value is -3.31. The third-order valence-corrected chi connectivity index (χ3v) is 8.62. The first-order chi connectivity index (χ1) is 18.3. The summed E-state index contributed by atoms with van der Waals surface area (Å²) in [6.07, 6.45) is 4.86. The lowest BCUT2D eigenvalue weighted by Crippen LogP contribution is -2.56. The van der Waals surface area contributed by atoms with Crippen LogP contribution < -0.4 is 0 Å². The minimum Gasteiger partial charge on any atom is -0.481 e. The van der Waals surface area contributed by atoms with E-state index in [1.165, 1.54) is 0 Å². The average Bonchev–Trinajstić information content (AvgIpc) is 3.63. The van der Waals surface area contributed by atoms with E-state index in [0.717, 1.165) is 5.52 Å². The largest absolute Gasteiger partial charge is 0.481 e. The summed E-state index contributed by atoms with van der Waals surface area (Å²) in [6, 6.07) is 6.49. The number of aliphatic carboxylic acids is 1. The van der Waals surface area contributed by atoms with Crippen LogP contribution in [-0.2, 0) is 25.8 Å². The number of likely N-dealkylation sites (tertiary alicyclic amines) is 1. The summed E-state index contributed by atoms with van der Waals surface area (Å²) < 4.78 is 8.23. The van der Waals surface area contributed by atoms with Crippen LogP contribution in [0.5, 0.6) is 0 Å². The lowest BCUT2D eigenvalue weighted by atomic mass is 9.65. The number of aliphatic hydroxyl groups is 1. The van der Waals surface area contributed by atoms with E-state index in [1.54, 1.807) is 20.6 Å². The number of unbranched alkanes of at least 4 members (excludes halogenated alkanes) is 2. The standard InChI is InChI=1S/C27H35N5O6/c1-3-14-30(17-32-19-11-7-6-10-18(19)28-29-32)24(35)22-27-13-12-26(4-2,38-27)21(25(36)37)20(27)23(34)31(22)15-8-5-9-16-33/h3,6-7,10-11,20-22,33H,1,4-5,8-9,12-17H2,2H3,(H,36,37)/t20-,21-,22?,26+,27?/m0/s1. The number of fused-ring (bicyclic) bond motifs is 2. The van der Waals surface area contributed by atoms with Crippen molar-refractivity contribution in [2.45, 2.75) is 69.4 Å². The highest BCUT2D eigenvalue weighted by Gasteiger charge is 2.79. The molecule has 5 rings (SSSR count). The van der Waals surface area contributed by atoms with Gasteiger partial charge in [-0.1, -0.05) is 30.3 Å². The van der Waals surface area contributed by atoms with Gasteiger partial charge in [-0.05, 0) is 50.7 Å². The normalized spacial score (nSPS) is 29.7. The molecule has 2 amide bonds. The number of rotatable bonds is 12. The Morgan fingerprint density at radius 3 is 2.76 bits per heavy atom. The fourth-order valence-corrected chi connectivity index (χ4v) is 6.91. The molecule has 3 fully saturated rings. The Morgan fingerprint density at radius 1 is 1.26 bits per heavy atom. The number of carbonyl (C=O) groups excluding carboxylic acids is 2. The Bertz CT molecular complexity index is 1250. The molecule has 1 aromatic heterocycles. The van der Waals surface area contributed by atoms with Crippen LogP contribution in [0, 0.1) is 11.8 Å². The second-order valence-corrected chi connectivity index (χ2v) is 10.6. The Morgan fingerprint density at radius 2 is 2.05 bits per heavy atom. The zero-order valence-corrected chi connectivity index (χ0v) is 21.7. The predicted molar refractivity (Wildman–Crippen MR) is 137 cm³/mol. The third kappa shape index (κ3) is 3.90. The summed E-state index contributed by atoms with van der Waals surface area (Å²) >= 11 is 0. The molecule has 2 aromatic rings. The number of carbonyl (C=O) groups is 3. The number of aliphatic hydroxyl groups excluding tert-OH is 1. The molecule has 2 bridgehead atoms. The zero-order valence-electron chi connectivity index (χ0n) is 21.7. The van der Waals surface area contributed by atoms with Gasteiger partial charge in [-0.25, -0.2) is 4.68 Å². The molecule has 0 saturated carbocycles. The molecule has 0 radical (unpaired) electrons. The van der Waals surface area contributed by atoms with Crippen LogP contribution in [0.15, 0.2) is 36.9 Å². The van der Waals surface area contributed by atoms with E-state index in [-0.39, 0.29) is 38.2 Å². The smallest absolute Gasteiger partial charge is 0.310 e. The second kappa shape index (κ2) is 10.1. The minimum atomic E-state index is -1.20. The van der Waals surface area contributed by atoms with E-state index >= 15 is 0 Å². The van der Waals surface area contributed by atoms with Crippen molar-refractivity contribution in [2.24, 2.45) is 11.8 Å². The molecule has 3 aliphatic rings. The number of aromatic nitrogens is 3. The minimum absolute atomic E-state index is 0.0467. The van der Waals surface area contributed by atoms with Gasteiger partial charge >= 0.3 is 5.97 Å². The molecule has 2 N–H and O–H groups in total. The van der Waals surface area contributed by atoms with Crippen LogP contribution in [0.2, 0.25) is 0 Å². The van der Waals surface area contributed by atoms with Gasteiger partial charge in [0.05, 0.1) is 17.0 Å². The van der Waals surface area contributed by atoms with Crippen molar-refractivity contribution in [1.82, 2.24) is 24.8 Å². The fraction of sp³-hybridized carbons (Fsp3) is 0.593. The summed E-state index contributed by atoms with van der Waals surface area (Å²) in [6.45, 7) is 6.34. The molecule has 3 saturated heterocycles. The molecular formula is C27H35N5O6. The number of carboxylic acid groups (broad SMARTS) is 1. The van der Waals surface area contributed by atoms with Crippen LogP contribution in [0.3, 0.4) is 0 Å².